The lowest BCUT2D eigenvalue weighted by molar-refractivity contribution is -0.128. The number of likely N-dealkylation sites (N-methyl/N-ethyl adjacent to an activating group) is 1. The SMILES string of the molecule is CN(C)C(=O)Cc1ccc(NC(=O)CSCc2ccccc2)cc1. The molecule has 2 rings (SSSR count). The summed E-state index contributed by atoms with van der Waals surface area (Å²) in [7, 11) is 3.48. The lowest BCUT2D eigenvalue weighted by Crippen LogP contribution is -2.23. The van der Waals surface area contributed by atoms with E-state index in [-0.39, 0.29) is 11.8 Å². The number of thioether (sulfide) groups is 1. The summed E-state index contributed by atoms with van der Waals surface area (Å²) in [5, 5.41) is 2.88. The summed E-state index contributed by atoms with van der Waals surface area (Å²) < 4.78 is 0. The number of hydrogen-bond donors (Lipinski definition) is 1. The molecule has 0 saturated heterocycles. The van der Waals surface area contributed by atoms with Gasteiger partial charge in [-0.1, -0.05) is 42.5 Å². The lowest BCUT2D eigenvalue weighted by Gasteiger charge is -2.10. The Morgan fingerprint density at radius 3 is 2.25 bits per heavy atom. The maximum absolute atomic E-state index is 12.0. The number of amides is 2. The van der Waals surface area contributed by atoms with Crippen LogP contribution in [0.3, 0.4) is 0 Å². The number of nitrogens with zero attached hydrogens (tertiary/aromatic N) is 1. The maximum atomic E-state index is 12.0. The zero-order valence-electron chi connectivity index (χ0n) is 14.0. The van der Waals surface area contributed by atoms with E-state index >= 15 is 0 Å². The molecule has 5 heteroatoms. The first-order valence-electron chi connectivity index (χ1n) is 7.75. The Morgan fingerprint density at radius 1 is 0.958 bits per heavy atom. The molecule has 0 radical (unpaired) electrons. The Labute approximate surface area is 147 Å². The van der Waals surface area contributed by atoms with E-state index in [0.29, 0.717) is 12.2 Å². The van der Waals surface area contributed by atoms with E-state index in [9.17, 15) is 9.59 Å². The number of carbonyl (C=O) groups excluding carboxylic acids is 2. The van der Waals surface area contributed by atoms with Crippen molar-refractivity contribution in [2.75, 3.05) is 25.2 Å². The van der Waals surface area contributed by atoms with Crippen LogP contribution in [0.25, 0.3) is 0 Å². The van der Waals surface area contributed by atoms with Crippen LogP contribution in [0.4, 0.5) is 5.69 Å². The Kier molecular flexibility index (Phi) is 6.88. The number of benzene rings is 2. The Morgan fingerprint density at radius 2 is 1.62 bits per heavy atom. The highest BCUT2D eigenvalue weighted by atomic mass is 32.2. The fraction of sp³-hybridized carbons (Fsp3) is 0.263. The van der Waals surface area contributed by atoms with Crippen molar-refractivity contribution in [3.63, 3.8) is 0 Å². The van der Waals surface area contributed by atoms with Gasteiger partial charge in [-0.25, -0.2) is 0 Å². The average molecular weight is 342 g/mol. The van der Waals surface area contributed by atoms with Gasteiger partial charge >= 0.3 is 0 Å². The van der Waals surface area contributed by atoms with Crippen molar-refractivity contribution < 1.29 is 9.59 Å². The highest BCUT2D eigenvalue weighted by Crippen LogP contribution is 2.14. The molecule has 0 aliphatic rings. The number of nitrogens with one attached hydrogen (secondary N) is 1. The van der Waals surface area contributed by atoms with E-state index < -0.39 is 0 Å². The molecule has 0 aliphatic heterocycles. The molecule has 0 atom stereocenters. The summed E-state index contributed by atoms with van der Waals surface area (Å²) in [6.07, 6.45) is 0.369. The van der Waals surface area contributed by atoms with Crippen molar-refractivity contribution in [3.8, 4) is 0 Å². The number of anilines is 1. The van der Waals surface area contributed by atoms with Crippen molar-refractivity contribution in [2.45, 2.75) is 12.2 Å². The van der Waals surface area contributed by atoms with Crippen molar-refractivity contribution in [2.24, 2.45) is 0 Å². The summed E-state index contributed by atoms with van der Waals surface area (Å²) in [4.78, 5) is 25.2. The molecule has 4 nitrogen and oxygen atoms in total. The molecule has 1 N–H and O–H groups in total. The van der Waals surface area contributed by atoms with Crippen LogP contribution in [0, 0.1) is 0 Å². The van der Waals surface area contributed by atoms with E-state index in [1.165, 1.54) is 5.56 Å². The van der Waals surface area contributed by atoms with Crippen LogP contribution >= 0.6 is 11.8 Å². The third-order valence-corrected chi connectivity index (χ3v) is 4.44. The standard InChI is InChI=1S/C19H22N2O2S/c1-21(2)19(23)12-15-8-10-17(11-9-15)20-18(22)14-24-13-16-6-4-3-5-7-16/h3-11H,12-14H2,1-2H3,(H,20,22). The predicted molar refractivity (Wildman–Crippen MR) is 100 cm³/mol. The van der Waals surface area contributed by atoms with Crippen molar-refractivity contribution in [1.82, 2.24) is 4.90 Å². The van der Waals surface area contributed by atoms with Gasteiger partial charge in [0.05, 0.1) is 12.2 Å². The molecule has 2 amide bonds. The molecule has 0 aliphatic carbocycles. The van der Waals surface area contributed by atoms with E-state index in [1.807, 2.05) is 42.5 Å². The summed E-state index contributed by atoms with van der Waals surface area (Å²) in [5.41, 5.74) is 2.90. The first-order chi connectivity index (χ1) is 11.5. The molecular weight excluding hydrogens is 320 g/mol. The molecule has 2 aromatic rings. The van der Waals surface area contributed by atoms with Gasteiger partial charge in [-0.05, 0) is 23.3 Å². The van der Waals surface area contributed by atoms with E-state index in [1.54, 1.807) is 30.8 Å². The first kappa shape index (κ1) is 18.1. The van der Waals surface area contributed by atoms with Crippen molar-refractivity contribution in [3.05, 3.63) is 65.7 Å². The van der Waals surface area contributed by atoms with E-state index in [0.717, 1.165) is 17.0 Å². The Hall–Kier alpha value is -2.27. The molecule has 0 saturated carbocycles. The van der Waals surface area contributed by atoms with Gasteiger partial charge in [-0.3, -0.25) is 9.59 Å². The van der Waals surface area contributed by atoms with Gasteiger partial charge in [0.1, 0.15) is 0 Å². The van der Waals surface area contributed by atoms with E-state index in [4.69, 9.17) is 0 Å². The fourth-order valence-corrected chi connectivity index (χ4v) is 2.86. The van der Waals surface area contributed by atoms with E-state index in [2.05, 4.69) is 17.4 Å². The summed E-state index contributed by atoms with van der Waals surface area (Å²) in [6.45, 7) is 0. The summed E-state index contributed by atoms with van der Waals surface area (Å²) in [5.74, 6) is 1.27. The smallest absolute Gasteiger partial charge is 0.234 e. The fourth-order valence-electron chi connectivity index (χ4n) is 2.07. The van der Waals surface area contributed by atoms with Crippen LogP contribution in [-0.4, -0.2) is 36.6 Å². The van der Waals surface area contributed by atoms with Gasteiger partial charge < -0.3 is 10.2 Å². The minimum atomic E-state index is -0.0203. The van der Waals surface area contributed by atoms with Crippen LogP contribution in [-0.2, 0) is 21.8 Å². The van der Waals surface area contributed by atoms with Gasteiger partial charge in [0.15, 0.2) is 0 Å². The monoisotopic (exact) mass is 342 g/mol. The van der Waals surface area contributed by atoms with Crippen LogP contribution < -0.4 is 5.32 Å². The second-order valence-corrected chi connectivity index (χ2v) is 6.67. The van der Waals surface area contributed by atoms with Crippen LogP contribution in [0.5, 0.6) is 0 Å². The quantitative estimate of drug-likeness (QED) is 0.841. The van der Waals surface area contributed by atoms with Gasteiger partial charge in [0, 0.05) is 25.5 Å². The Bertz CT molecular complexity index is 670. The van der Waals surface area contributed by atoms with Gasteiger partial charge in [-0.2, -0.15) is 0 Å². The second kappa shape index (κ2) is 9.13. The second-order valence-electron chi connectivity index (χ2n) is 5.69. The molecule has 0 unspecified atom stereocenters. The number of carbonyl (C=O) groups is 2. The minimum absolute atomic E-state index is 0.0203. The van der Waals surface area contributed by atoms with Gasteiger partial charge in [0.25, 0.3) is 0 Å². The molecule has 24 heavy (non-hydrogen) atoms. The van der Waals surface area contributed by atoms with Gasteiger partial charge in [0.2, 0.25) is 11.8 Å². The largest absolute Gasteiger partial charge is 0.349 e. The minimum Gasteiger partial charge on any atom is -0.349 e. The average Bonchev–Trinajstić information content (AvgIpc) is 2.57. The normalized spacial score (nSPS) is 10.2. The summed E-state index contributed by atoms with van der Waals surface area (Å²) in [6, 6.07) is 17.5. The van der Waals surface area contributed by atoms with Crippen LogP contribution in [0.2, 0.25) is 0 Å². The first-order valence-corrected chi connectivity index (χ1v) is 8.90. The summed E-state index contributed by atoms with van der Waals surface area (Å²) >= 11 is 1.59. The zero-order chi connectivity index (χ0) is 17.4. The van der Waals surface area contributed by atoms with Gasteiger partial charge in [-0.15, -0.1) is 11.8 Å². The van der Waals surface area contributed by atoms with Crippen LogP contribution in [0.15, 0.2) is 54.6 Å². The molecule has 0 bridgehead atoms. The third kappa shape index (κ3) is 6.08. The molecule has 0 spiro atoms. The highest BCUT2D eigenvalue weighted by molar-refractivity contribution is 7.99. The molecule has 2 aromatic carbocycles. The molecule has 0 heterocycles. The van der Waals surface area contributed by atoms with Crippen LogP contribution in [0.1, 0.15) is 11.1 Å². The van der Waals surface area contributed by atoms with Crippen molar-refractivity contribution in [1.29, 1.82) is 0 Å². The van der Waals surface area contributed by atoms with Crippen molar-refractivity contribution >= 4 is 29.3 Å². The molecule has 0 fully saturated rings. The molecular formula is C19H22N2O2S. The lowest BCUT2D eigenvalue weighted by atomic mass is 10.1. The maximum Gasteiger partial charge on any atom is 0.234 e. The Balaban J connectivity index is 1.76. The molecule has 0 aromatic heterocycles. The molecule has 126 valence electrons. The number of hydrogen-bond acceptors (Lipinski definition) is 3. The number of rotatable bonds is 7. The topological polar surface area (TPSA) is 49.4 Å². The zero-order valence-corrected chi connectivity index (χ0v) is 14.8. The predicted octanol–water partition coefficient (Wildman–Crippen LogP) is 3.19. The highest BCUT2D eigenvalue weighted by Gasteiger charge is 2.06. The third-order valence-electron chi connectivity index (χ3n) is 3.44.